The molecule has 6 nitrogen and oxygen atoms in total. The first-order valence-electron chi connectivity index (χ1n) is 13.0. The van der Waals surface area contributed by atoms with Crippen LogP contribution in [0.1, 0.15) is 52.6 Å². The van der Waals surface area contributed by atoms with Crippen molar-refractivity contribution in [2.45, 2.75) is 59.3 Å². The van der Waals surface area contributed by atoms with E-state index in [1.807, 2.05) is 56.3 Å². The third kappa shape index (κ3) is 22.2. The molecule has 0 spiro atoms. The van der Waals surface area contributed by atoms with Crippen LogP contribution in [0.15, 0.2) is 72.8 Å². The molecule has 0 radical (unpaired) electrons. The first-order valence-corrected chi connectivity index (χ1v) is 21.1. The fraction of sp³-hybridized carbons (Fsp3) is 0.387. The number of benzene rings is 3. The predicted octanol–water partition coefficient (Wildman–Crippen LogP) is 7.61. The van der Waals surface area contributed by atoms with E-state index in [1.54, 1.807) is 0 Å². The fourth-order valence-corrected chi connectivity index (χ4v) is 4.04. The number of halogens is 2. The molecule has 0 aliphatic heterocycles. The molecule has 0 aliphatic carbocycles. The number of carbonyl (C=O) groups is 1. The molecular formula is C31H42I2O6S. The van der Waals surface area contributed by atoms with Gasteiger partial charge in [0.1, 0.15) is 0 Å². The maximum Gasteiger partial charge on any atom is 0.303 e. The van der Waals surface area contributed by atoms with Gasteiger partial charge in [0.2, 0.25) is 0 Å². The van der Waals surface area contributed by atoms with Crippen LogP contribution in [-0.4, -0.2) is 44.1 Å². The molecule has 0 saturated carbocycles. The van der Waals surface area contributed by atoms with Gasteiger partial charge in [0.15, 0.2) is 0 Å². The molecule has 0 saturated heterocycles. The molecule has 0 amide bonds. The van der Waals surface area contributed by atoms with Crippen LogP contribution in [0.25, 0.3) is 0 Å². The van der Waals surface area contributed by atoms with Crippen LogP contribution in [-0.2, 0) is 38.4 Å². The molecule has 0 aromatic heterocycles. The van der Waals surface area contributed by atoms with Gasteiger partial charge in [-0.05, 0) is 69.6 Å². The van der Waals surface area contributed by atoms with Gasteiger partial charge in [-0.1, -0.05) is 89.5 Å². The highest BCUT2D eigenvalue weighted by Crippen LogP contribution is 2.08. The molecule has 0 fully saturated rings. The van der Waals surface area contributed by atoms with Crippen molar-refractivity contribution in [2.75, 3.05) is 19.5 Å². The minimum atomic E-state index is -3.29. The normalized spacial score (nSPS) is 10.2. The number of hydrogen-bond acceptors (Lipinski definition) is 5. The molecule has 0 heterocycles. The lowest BCUT2D eigenvalue weighted by atomic mass is 10.1. The van der Waals surface area contributed by atoms with Gasteiger partial charge >= 0.3 is 5.97 Å². The van der Waals surface area contributed by atoms with Gasteiger partial charge in [0.05, 0.1) is 12.9 Å². The third-order valence-electron chi connectivity index (χ3n) is 5.41. The first-order chi connectivity index (χ1) is 19.0. The summed E-state index contributed by atoms with van der Waals surface area (Å²) in [6.07, 6.45) is 5.31. The second-order valence-corrected chi connectivity index (χ2v) is 11.0. The summed E-state index contributed by atoms with van der Waals surface area (Å²) in [4.78, 5) is 10.3. The highest BCUT2D eigenvalue weighted by atomic mass is 128. The number of aliphatic hydroxyl groups excluding tert-OH is 1. The zero-order valence-electron chi connectivity index (χ0n) is 23.8. The Morgan fingerprint density at radius 3 is 1.50 bits per heavy atom. The van der Waals surface area contributed by atoms with Crippen LogP contribution in [0.5, 0.6) is 0 Å². The molecule has 0 atom stereocenters. The largest absolute Gasteiger partial charge is 0.481 e. The Balaban J connectivity index is 0.000000559. The Hall–Kier alpha value is -1.54. The van der Waals surface area contributed by atoms with Gasteiger partial charge in [0.25, 0.3) is 10.1 Å². The summed E-state index contributed by atoms with van der Waals surface area (Å²) in [6.45, 7) is 6.67. The number of carboxylic acid groups (broad SMARTS) is 1. The van der Waals surface area contributed by atoms with E-state index >= 15 is 0 Å². The van der Waals surface area contributed by atoms with Crippen LogP contribution in [0.3, 0.4) is 0 Å². The molecule has 3 aromatic carbocycles. The number of carboxylic acids is 1. The molecule has 2 N–H and O–H groups in total. The predicted molar refractivity (Wildman–Crippen MR) is 182 cm³/mol. The number of hydrogen-bond donors (Lipinski definition) is 2. The van der Waals surface area contributed by atoms with Gasteiger partial charge in [-0.25, -0.2) is 0 Å². The molecule has 0 bridgehead atoms. The average Bonchev–Trinajstić information content (AvgIpc) is 2.90. The number of rotatable bonds is 11. The SMILES string of the molecule is Cc1cccc(CCC(=O)O)c1.Cc1cccc(CCCO)c1.Cc1cccc(CCCOS(C)(=O)=O)c1.II. The Labute approximate surface area is 264 Å². The van der Waals surface area contributed by atoms with E-state index in [1.165, 1.54) is 27.8 Å². The summed E-state index contributed by atoms with van der Waals surface area (Å²) in [6, 6.07) is 24.5. The van der Waals surface area contributed by atoms with Crippen molar-refractivity contribution in [3.8, 4) is 0 Å². The Morgan fingerprint density at radius 2 is 1.15 bits per heavy atom. The summed E-state index contributed by atoms with van der Waals surface area (Å²) < 4.78 is 26.0. The van der Waals surface area contributed by atoms with E-state index in [9.17, 15) is 13.2 Å². The molecule has 9 heteroatoms. The minimum Gasteiger partial charge on any atom is -0.481 e. The first kappa shape index (κ1) is 38.5. The van der Waals surface area contributed by atoms with Crippen molar-refractivity contribution in [2.24, 2.45) is 0 Å². The van der Waals surface area contributed by atoms with Crippen LogP contribution in [0, 0.1) is 20.8 Å². The maximum absolute atomic E-state index is 10.7. The Bertz CT molecular complexity index is 1220. The maximum atomic E-state index is 10.7. The molecule has 3 rings (SSSR count). The van der Waals surface area contributed by atoms with Gasteiger partial charge < -0.3 is 10.2 Å². The summed E-state index contributed by atoms with van der Waals surface area (Å²) in [7, 11) is -3.29. The molecular weight excluding hydrogens is 754 g/mol. The average molecular weight is 797 g/mol. The van der Waals surface area contributed by atoms with Crippen molar-refractivity contribution in [3.63, 3.8) is 0 Å². The smallest absolute Gasteiger partial charge is 0.303 e. The zero-order valence-corrected chi connectivity index (χ0v) is 28.9. The van der Waals surface area contributed by atoms with Crippen LogP contribution in [0.4, 0.5) is 0 Å². The van der Waals surface area contributed by atoms with E-state index in [4.69, 9.17) is 10.2 Å². The van der Waals surface area contributed by atoms with Crippen LogP contribution in [0.2, 0.25) is 0 Å². The monoisotopic (exact) mass is 796 g/mol. The number of aryl methyl sites for hydroxylation is 6. The van der Waals surface area contributed by atoms with E-state index in [0.717, 1.165) is 37.5 Å². The van der Waals surface area contributed by atoms with Crippen LogP contribution >= 0.6 is 37.2 Å². The third-order valence-corrected chi connectivity index (χ3v) is 6.00. The topological polar surface area (TPSA) is 101 Å². The summed E-state index contributed by atoms with van der Waals surface area (Å²) in [5.41, 5.74) is 7.32. The Morgan fingerprint density at radius 1 is 0.750 bits per heavy atom. The second kappa shape index (κ2) is 23.1. The summed E-state index contributed by atoms with van der Waals surface area (Å²) in [5.74, 6) is -0.739. The quantitative estimate of drug-likeness (QED) is 0.118. The molecule has 40 heavy (non-hydrogen) atoms. The lowest BCUT2D eigenvalue weighted by Gasteiger charge is -2.02. The van der Waals surface area contributed by atoms with E-state index in [0.29, 0.717) is 6.42 Å². The standard InChI is InChI=1S/C11H16O3S.C10H12O2.C10H14O.I2/c1-10-5-3-6-11(9-10)7-4-8-14-15(2,12)13;1-8-3-2-4-9(7-8)5-6-10(11)12;1-9-4-2-5-10(8-9)6-3-7-11;1-2/h3,5-6,9H,4,7-8H2,1-2H3;2-4,7H,5-6H2,1H3,(H,11,12);2,4-5,8,11H,3,6-7H2,1H3;. The van der Waals surface area contributed by atoms with E-state index in [2.05, 4.69) is 78.7 Å². The fourth-order valence-electron chi connectivity index (χ4n) is 3.62. The van der Waals surface area contributed by atoms with Gasteiger partial charge in [0, 0.05) is 50.3 Å². The van der Waals surface area contributed by atoms with Gasteiger partial charge in [-0.3, -0.25) is 8.98 Å². The number of aliphatic hydroxyl groups is 1. The lowest BCUT2D eigenvalue weighted by molar-refractivity contribution is -0.136. The molecule has 222 valence electrons. The van der Waals surface area contributed by atoms with Gasteiger partial charge in [-0.15, -0.1) is 0 Å². The van der Waals surface area contributed by atoms with Crippen molar-refractivity contribution in [1.82, 2.24) is 0 Å². The van der Waals surface area contributed by atoms with Gasteiger partial charge in [-0.2, -0.15) is 8.42 Å². The summed E-state index contributed by atoms with van der Waals surface area (Å²) in [5, 5.41) is 17.0. The van der Waals surface area contributed by atoms with Crippen molar-refractivity contribution < 1.29 is 27.6 Å². The zero-order chi connectivity index (χ0) is 30.4. The summed E-state index contributed by atoms with van der Waals surface area (Å²) >= 11 is 4.24. The molecule has 0 aliphatic rings. The highest BCUT2D eigenvalue weighted by Gasteiger charge is 2.01. The highest BCUT2D eigenvalue weighted by molar-refractivity contribution is 15.0. The van der Waals surface area contributed by atoms with Crippen molar-refractivity contribution in [3.05, 3.63) is 106 Å². The lowest BCUT2D eigenvalue weighted by Crippen LogP contribution is -2.04. The van der Waals surface area contributed by atoms with E-state index in [-0.39, 0.29) is 19.6 Å². The molecule has 0 unspecified atom stereocenters. The Kier molecular flexibility index (Phi) is 22.2. The molecule has 3 aromatic rings. The minimum absolute atomic E-state index is 0.212. The van der Waals surface area contributed by atoms with Crippen molar-refractivity contribution >= 4 is 53.3 Å². The second-order valence-electron chi connectivity index (χ2n) is 9.32. The van der Waals surface area contributed by atoms with Crippen LogP contribution < -0.4 is 0 Å². The number of aliphatic carboxylic acids is 1. The van der Waals surface area contributed by atoms with Crippen molar-refractivity contribution in [1.29, 1.82) is 0 Å². The van der Waals surface area contributed by atoms with E-state index < -0.39 is 16.1 Å².